The molecule has 2 aromatic carbocycles. The largest absolute Gasteiger partial charge is 0.496 e. The van der Waals surface area contributed by atoms with Crippen molar-refractivity contribution in [3.8, 4) is 16.9 Å². The molecule has 0 atom stereocenters. The smallest absolute Gasteiger partial charge is 0.259 e. The SMILES string of the molecule is COc1ccc(C(C)(C)C)cc1C(=O)Nc1cnc(C)c(-c2ccc(C(=O)N(C)C3CCOCC3)cc2)c1. The van der Waals surface area contributed by atoms with Crippen LogP contribution in [0.1, 0.15) is 65.6 Å². The van der Waals surface area contributed by atoms with Crippen LogP contribution in [0.2, 0.25) is 0 Å². The molecule has 0 bridgehead atoms. The lowest BCUT2D eigenvalue weighted by Crippen LogP contribution is -2.40. The van der Waals surface area contributed by atoms with Crippen molar-refractivity contribution < 1.29 is 19.1 Å². The molecule has 2 amide bonds. The second-order valence-electron chi connectivity index (χ2n) is 10.8. The van der Waals surface area contributed by atoms with Gasteiger partial charge in [-0.05, 0) is 66.6 Å². The van der Waals surface area contributed by atoms with E-state index in [1.807, 2.05) is 67.4 Å². The van der Waals surface area contributed by atoms with E-state index in [0.717, 1.165) is 35.2 Å². The minimum Gasteiger partial charge on any atom is -0.496 e. The van der Waals surface area contributed by atoms with E-state index in [4.69, 9.17) is 9.47 Å². The van der Waals surface area contributed by atoms with Crippen LogP contribution in [0.3, 0.4) is 0 Å². The summed E-state index contributed by atoms with van der Waals surface area (Å²) in [6.45, 7) is 9.62. The van der Waals surface area contributed by atoms with Gasteiger partial charge in [0.25, 0.3) is 11.8 Å². The monoisotopic (exact) mass is 515 g/mol. The molecule has 0 saturated carbocycles. The minimum atomic E-state index is -0.262. The fourth-order valence-electron chi connectivity index (χ4n) is 4.68. The average molecular weight is 516 g/mol. The zero-order valence-corrected chi connectivity index (χ0v) is 23.1. The Morgan fingerprint density at radius 3 is 2.37 bits per heavy atom. The third-order valence-electron chi connectivity index (χ3n) is 7.16. The molecule has 1 saturated heterocycles. The van der Waals surface area contributed by atoms with Gasteiger partial charge in [-0.1, -0.05) is 39.0 Å². The van der Waals surface area contributed by atoms with Crippen LogP contribution in [-0.4, -0.2) is 55.1 Å². The molecule has 0 spiro atoms. The highest BCUT2D eigenvalue weighted by atomic mass is 16.5. The Bertz CT molecular complexity index is 1310. The number of hydrogen-bond acceptors (Lipinski definition) is 5. The van der Waals surface area contributed by atoms with Crippen LogP contribution in [0, 0.1) is 6.92 Å². The highest BCUT2D eigenvalue weighted by molar-refractivity contribution is 6.06. The number of hydrogen-bond donors (Lipinski definition) is 1. The molecule has 4 rings (SSSR count). The molecule has 1 aliphatic heterocycles. The van der Waals surface area contributed by atoms with Gasteiger partial charge >= 0.3 is 0 Å². The molecule has 1 N–H and O–H groups in total. The maximum absolute atomic E-state index is 13.3. The van der Waals surface area contributed by atoms with E-state index < -0.39 is 0 Å². The standard InChI is InChI=1S/C31H37N3O4/c1-20-26(21-7-9-22(10-8-21)30(36)34(5)25-13-15-38-16-14-25)18-24(19-32-20)33-29(35)27-17-23(31(2,3)4)11-12-28(27)37-6/h7-12,17-19,25H,13-16H2,1-6H3,(H,33,35). The summed E-state index contributed by atoms with van der Waals surface area (Å²) in [6, 6.07) is 15.3. The van der Waals surface area contributed by atoms with E-state index in [-0.39, 0.29) is 23.3 Å². The van der Waals surface area contributed by atoms with Crippen LogP contribution in [0.15, 0.2) is 54.7 Å². The van der Waals surface area contributed by atoms with E-state index in [9.17, 15) is 9.59 Å². The number of nitrogens with zero attached hydrogens (tertiary/aromatic N) is 2. The Morgan fingerprint density at radius 1 is 1.05 bits per heavy atom. The fraction of sp³-hybridized carbons (Fsp3) is 0.387. The summed E-state index contributed by atoms with van der Waals surface area (Å²) in [6.07, 6.45) is 3.36. The number of amides is 2. The molecule has 0 radical (unpaired) electrons. The lowest BCUT2D eigenvalue weighted by Gasteiger charge is -2.31. The van der Waals surface area contributed by atoms with E-state index in [1.165, 1.54) is 0 Å². The van der Waals surface area contributed by atoms with E-state index in [2.05, 4.69) is 31.1 Å². The van der Waals surface area contributed by atoms with Gasteiger partial charge in [-0.25, -0.2) is 0 Å². The van der Waals surface area contributed by atoms with Gasteiger partial charge in [-0.3, -0.25) is 14.6 Å². The number of pyridine rings is 1. The van der Waals surface area contributed by atoms with E-state index in [0.29, 0.717) is 35.8 Å². The van der Waals surface area contributed by atoms with Crippen molar-refractivity contribution in [1.82, 2.24) is 9.88 Å². The molecule has 2 heterocycles. The molecule has 0 unspecified atom stereocenters. The van der Waals surface area contributed by atoms with Gasteiger partial charge in [0.2, 0.25) is 0 Å². The lowest BCUT2D eigenvalue weighted by atomic mass is 9.86. The predicted molar refractivity (Wildman–Crippen MR) is 150 cm³/mol. The molecule has 7 nitrogen and oxygen atoms in total. The van der Waals surface area contributed by atoms with Crippen molar-refractivity contribution in [1.29, 1.82) is 0 Å². The molecule has 1 aliphatic rings. The summed E-state index contributed by atoms with van der Waals surface area (Å²) in [4.78, 5) is 32.6. The van der Waals surface area contributed by atoms with Gasteiger partial charge in [0.1, 0.15) is 5.75 Å². The van der Waals surface area contributed by atoms with Gasteiger partial charge < -0.3 is 19.7 Å². The van der Waals surface area contributed by atoms with Crippen LogP contribution >= 0.6 is 0 Å². The Hall–Kier alpha value is -3.71. The van der Waals surface area contributed by atoms with Gasteiger partial charge in [-0.15, -0.1) is 0 Å². The zero-order valence-electron chi connectivity index (χ0n) is 23.1. The number of carbonyl (C=O) groups is 2. The summed E-state index contributed by atoms with van der Waals surface area (Å²) in [5.74, 6) is 0.258. The predicted octanol–water partition coefficient (Wildman–Crippen LogP) is 5.87. The minimum absolute atomic E-state index is 0.00532. The zero-order chi connectivity index (χ0) is 27.4. The topological polar surface area (TPSA) is 80.8 Å². The summed E-state index contributed by atoms with van der Waals surface area (Å²) < 4.78 is 10.9. The fourth-order valence-corrected chi connectivity index (χ4v) is 4.68. The number of nitrogens with one attached hydrogen (secondary N) is 1. The molecule has 3 aromatic rings. The number of aryl methyl sites for hydroxylation is 1. The molecule has 200 valence electrons. The van der Waals surface area contributed by atoms with E-state index >= 15 is 0 Å². The molecule has 1 aromatic heterocycles. The number of benzene rings is 2. The first-order valence-corrected chi connectivity index (χ1v) is 13.0. The van der Waals surface area contributed by atoms with Crippen LogP contribution < -0.4 is 10.1 Å². The van der Waals surface area contributed by atoms with Gasteiger partial charge in [0.05, 0.1) is 24.6 Å². The lowest BCUT2D eigenvalue weighted by molar-refractivity contribution is 0.0362. The first-order chi connectivity index (χ1) is 18.1. The Kier molecular flexibility index (Phi) is 8.17. The van der Waals surface area contributed by atoms with Crippen molar-refractivity contribution in [2.24, 2.45) is 0 Å². The van der Waals surface area contributed by atoms with Gasteiger partial charge in [-0.2, -0.15) is 0 Å². The molecular formula is C31H37N3O4. The summed E-state index contributed by atoms with van der Waals surface area (Å²) in [5.41, 5.74) is 5.27. The van der Waals surface area contributed by atoms with Crippen molar-refractivity contribution in [2.45, 2.75) is 52.0 Å². The van der Waals surface area contributed by atoms with E-state index in [1.54, 1.807) is 13.3 Å². The number of carbonyl (C=O) groups excluding carboxylic acids is 2. The van der Waals surface area contributed by atoms with Crippen molar-refractivity contribution in [2.75, 3.05) is 32.7 Å². The molecule has 0 aliphatic carbocycles. The maximum Gasteiger partial charge on any atom is 0.259 e. The first-order valence-electron chi connectivity index (χ1n) is 13.0. The molecule has 1 fully saturated rings. The molecular weight excluding hydrogens is 478 g/mol. The highest BCUT2D eigenvalue weighted by Crippen LogP contribution is 2.30. The molecule has 38 heavy (non-hydrogen) atoms. The molecule has 7 heteroatoms. The number of methoxy groups -OCH3 is 1. The normalized spacial score (nSPS) is 14.2. The Labute approximate surface area is 225 Å². The Balaban J connectivity index is 1.54. The van der Waals surface area contributed by atoms with Crippen molar-refractivity contribution in [3.63, 3.8) is 0 Å². The number of rotatable bonds is 6. The van der Waals surface area contributed by atoms with Crippen molar-refractivity contribution >= 4 is 17.5 Å². The van der Waals surface area contributed by atoms with Crippen LogP contribution in [0.5, 0.6) is 5.75 Å². The number of aromatic nitrogens is 1. The van der Waals surface area contributed by atoms with Crippen LogP contribution in [-0.2, 0) is 10.2 Å². The van der Waals surface area contributed by atoms with Crippen LogP contribution in [0.4, 0.5) is 5.69 Å². The Morgan fingerprint density at radius 2 is 1.74 bits per heavy atom. The van der Waals surface area contributed by atoms with Crippen molar-refractivity contribution in [3.05, 3.63) is 77.1 Å². The maximum atomic E-state index is 13.3. The summed E-state index contributed by atoms with van der Waals surface area (Å²) in [5, 5.41) is 2.98. The first kappa shape index (κ1) is 27.3. The second-order valence-corrected chi connectivity index (χ2v) is 10.8. The number of anilines is 1. The summed E-state index contributed by atoms with van der Waals surface area (Å²) in [7, 11) is 3.42. The number of ether oxygens (including phenoxy) is 2. The van der Waals surface area contributed by atoms with Crippen LogP contribution in [0.25, 0.3) is 11.1 Å². The van der Waals surface area contributed by atoms with Gasteiger partial charge in [0.15, 0.2) is 0 Å². The third kappa shape index (κ3) is 6.05. The van der Waals surface area contributed by atoms with Gasteiger partial charge in [0, 0.05) is 43.1 Å². The summed E-state index contributed by atoms with van der Waals surface area (Å²) >= 11 is 0. The third-order valence-corrected chi connectivity index (χ3v) is 7.16. The second kappa shape index (κ2) is 11.4. The highest BCUT2D eigenvalue weighted by Gasteiger charge is 2.24. The quantitative estimate of drug-likeness (QED) is 0.444. The average Bonchev–Trinajstić information content (AvgIpc) is 2.93.